The molecule has 156 valence electrons. The van der Waals surface area contributed by atoms with Crippen molar-refractivity contribution in [1.82, 2.24) is 19.9 Å². The normalized spacial score (nSPS) is 16.7. The van der Waals surface area contributed by atoms with Crippen LogP contribution in [0.15, 0.2) is 49.1 Å². The summed E-state index contributed by atoms with van der Waals surface area (Å²) in [6.07, 6.45) is 7.51. The molecule has 0 N–H and O–H groups in total. The summed E-state index contributed by atoms with van der Waals surface area (Å²) in [6, 6.07) is 7.63. The lowest BCUT2D eigenvalue weighted by atomic mass is 10.1. The molecule has 0 saturated carbocycles. The molecule has 8 heteroatoms. The van der Waals surface area contributed by atoms with Crippen molar-refractivity contribution in [2.45, 2.75) is 38.8 Å². The Bertz CT molecular complexity index is 1060. The molecule has 1 aliphatic rings. The average molecular weight is 426 g/mol. The molecule has 1 fully saturated rings. The molecule has 4 heterocycles. The number of likely N-dealkylation sites (tertiary alicyclic amines) is 1. The Morgan fingerprint density at radius 2 is 2.00 bits per heavy atom. The lowest BCUT2D eigenvalue weighted by molar-refractivity contribution is 0.0293. The van der Waals surface area contributed by atoms with Crippen LogP contribution in [0.4, 0.5) is 16.3 Å². The first-order valence-corrected chi connectivity index (χ1v) is 10.3. The average Bonchev–Trinajstić information content (AvgIpc) is 3.17. The molecule has 30 heavy (non-hydrogen) atoms. The molecule has 7 nitrogen and oxygen atoms in total. The van der Waals surface area contributed by atoms with Crippen LogP contribution in [0, 0.1) is 0 Å². The number of amides is 1. The minimum absolute atomic E-state index is 0.0160. The third kappa shape index (κ3) is 4.31. The maximum atomic E-state index is 12.6. The molecule has 0 aromatic carbocycles. The first-order valence-electron chi connectivity index (χ1n) is 9.89. The topological polar surface area (TPSA) is 71.5 Å². The van der Waals surface area contributed by atoms with E-state index >= 15 is 0 Å². The zero-order valence-corrected chi connectivity index (χ0v) is 18.0. The van der Waals surface area contributed by atoms with Crippen LogP contribution in [0.25, 0.3) is 10.8 Å². The van der Waals surface area contributed by atoms with Crippen molar-refractivity contribution in [3.63, 3.8) is 0 Å². The smallest absolute Gasteiger partial charge is 0.410 e. The van der Waals surface area contributed by atoms with Crippen LogP contribution in [0.2, 0.25) is 5.15 Å². The molecular weight excluding hydrogens is 402 g/mol. The minimum Gasteiger partial charge on any atom is -0.444 e. The van der Waals surface area contributed by atoms with E-state index in [-0.39, 0.29) is 12.1 Å². The van der Waals surface area contributed by atoms with Crippen molar-refractivity contribution in [2.24, 2.45) is 0 Å². The SMILES string of the molecule is CC(C)(C)OC(=O)N1CCC(N(c2ccnc(Cl)c2)c2nccc3cnccc23)C1. The fourth-order valence-electron chi connectivity index (χ4n) is 3.69. The predicted molar refractivity (Wildman–Crippen MR) is 117 cm³/mol. The summed E-state index contributed by atoms with van der Waals surface area (Å²) >= 11 is 6.20. The lowest BCUT2D eigenvalue weighted by Crippen LogP contribution is -2.39. The summed E-state index contributed by atoms with van der Waals surface area (Å²) in [5.74, 6) is 0.799. The number of halogens is 1. The molecule has 1 amide bonds. The van der Waals surface area contributed by atoms with Gasteiger partial charge in [-0.15, -0.1) is 0 Å². The highest BCUT2D eigenvalue weighted by Gasteiger charge is 2.34. The third-order valence-corrected chi connectivity index (χ3v) is 5.15. The van der Waals surface area contributed by atoms with Gasteiger partial charge in [-0.25, -0.2) is 14.8 Å². The highest BCUT2D eigenvalue weighted by atomic mass is 35.5. The highest BCUT2D eigenvalue weighted by molar-refractivity contribution is 6.29. The van der Waals surface area contributed by atoms with Crippen LogP contribution in [-0.2, 0) is 4.74 Å². The molecule has 0 radical (unpaired) electrons. The van der Waals surface area contributed by atoms with E-state index in [2.05, 4.69) is 19.9 Å². The van der Waals surface area contributed by atoms with Crippen LogP contribution < -0.4 is 4.90 Å². The first kappa shape index (κ1) is 20.3. The standard InChI is InChI=1S/C22H24ClN5O2/c1-22(2,3)30-21(29)27-11-7-17(14-27)28(16-5-10-25-19(23)12-16)20-18-6-8-24-13-15(18)4-9-26-20/h4-6,8-10,12-13,17H,7,11,14H2,1-3H3. The summed E-state index contributed by atoms with van der Waals surface area (Å²) in [5, 5.41) is 2.38. The Kier molecular flexibility index (Phi) is 5.47. The van der Waals surface area contributed by atoms with E-state index < -0.39 is 5.60 Å². The Hall–Kier alpha value is -2.93. The number of ether oxygens (including phenoxy) is 1. The fourth-order valence-corrected chi connectivity index (χ4v) is 3.85. The van der Waals surface area contributed by atoms with Gasteiger partial charge in [0.25, 0.3) is 0 Å². The number of hydrogen-bond donors (Lipinski definition) is 0. The van der Waals surface area contributed by atoms with Crippen LogP contribution in [0.1, 0.15) is 27.2 Å². The van der Waals surface area contributed by atoms with Gasteiger partial charge in [-0.3, -0.25) is 4.98 Å². The van der Waals surface area contributed by atoms with Gasteiger partial charge < -0.3 is 14.5 Å². The lowest BCUT2D eigenvalue weighted by Gasteiger charge is -2.31. The van der Waals surface area contributed by atoms with Gasteiger partial charge in [0.05, 0.1) is 6.04 Å². The van der Waals surface area contributed by atoms with E-state index in [1.165, 1.54) is 0 Å². The highest BCUT2D eigenvalue weighted by Crippen LogP contribution is 2.35. The first-order chi connectivity index (χ1) is 14.3. The number of aromatic nitrogens is 3. The van der Waals surface area contributed by atoms with E-state index in [0.29, 0.717) is 18.2 Å². The predicted octanol–water partition coefficient (Wildman–Crippen LogP) is 4.83. The summed E-state index contributed by atoms with van der Waals surface area (Å²) in [7, 11) is 0. The molecule has 0 aliphatic carbocycles. The molecule has 1 saturated heterocycles. The van der Waals surface area contributed by atoms with E-state index in [4.69, 9.17) is 16.3 Å². The van der Waals surface area contributed by atoms with Crippen LogP contribution in [0.3, 0.4) is 0 Å². The second kappa shape index (κ2) is 8.07. The molecule has 3 aromatic rings. The number of hydrogen-bond acceptors (Lipinski definition) is 6. The van der Waals surface area contributed by atoms with Gasteiger partial charge >= 0.3 is 6.09 Å². The number of rotatable bonds is 3. The second-order valence-electron chi connectivity index (χ2n) is 8.31. The van der Waals surface area contributed by atoms with E-state index in [9.17, 15) is 4.79 Å². The second-order valence-corrected chi connectivity index (χ2v) is 8.69. The third-order valence-electron chi connectivity index (χ3n) is 4.94. The summed E-state index contributed by atoms with van der Waals surface area (Å²) in [4.78, 5) is 29.5. The zero-order valence-electron chi connectivity index (χ0n) is 17.2. The largest absolute Gasteiger partial charge is 0.444 e. The Morgan fingerprint density at radius 3 is 2.77 bits per heavy atom. The molecule has 1 unspecified atom stereocenters. The monoisotopic (exact) mass is 425 g/mol. The van der Waals surface area contributed by atoms with Gasteiger partial charge in [0.15, 0.2) is 0 Å². The number of nitrogens with zero attached hydrogens (tertiary/aromatic N) is 5. The summed E-state index contributed by atoms with van der Waals surface area (Å²) < 4.78 is 5.56. The van der Waals surface area contributed by atoms with Crippen LogP contribution >= 0.6 is 11.6 Å². The Balaban J connectivity index is 1.72. The maximum Gasteiger partial charge on any atom is 0.410 e. The van der Waals surface area contributed by atoms with Crippen molar-refractivity contribution < 1.29 is 9.53 Å². The van der Waals surface area contributed by atoms with Crippen LogP contribution in [-0.4, -0.2) is 50.7 Å². The number of carbonyl (C=O) groups is 1. The van der Waals surface area contributed by atoms with Crippen molar-refractivity contribution in [1.29, 1.82) is 0 Å². The number of carbonyl (C=O) groups excluding carboxylic acids is 1. The minimum atomic E-state index is -0.530. The zero-order chi connectivity index (χ0) is 21.3. The van der Waals surface area contributed by atoms with Gasteiger partial charge in [0.1, 0.15) is 16.6 Å². The maximum absolute atomic E-state index is 12.6. The number of fused-ring (bicyclic) bond motifs is 1. The van der Waals surface area contributed by atoms with Gasteiger partial charge in [-0.2, -0.15) is 0 Å². The molecule has 3 aromatic heterocycles. The van der Waals surface area contributed by atoms with Crippen molar-refractivity contribution in [3.8, 4) is 0 Å². The van der Waals surface area contributed by atoms with Gasteiger partial charge in [0, 0.05) is 54.3 Å². The molecule has 4 rings (SSSR count). The molecule has 0 spiro atoms. The molecule has 1 atom stereocenters. The quantitative estimate of drug-likeness (QED) is 0.560. The number of anilines is 2. The van der Waals surface area contributed by atoms with Crippen molar-refractivity contribution in [2.75, 3.05) is 18.0 Å². The van der Waals surface area contributed by atoms with Crippen molar-refractivity contribution in [3.05, 3.63) is 54.2 Å². The molecule has 1 aliphatic heterocycles. The van der Waals surface area contributed by atoms with Crippen molar-refractivity contribution >= 4 is 40.0 Å². The van der Waals surface area contributed by atoms with E-state index in [0.717, 1.165) is 28.7 Å². The van der Waals surface area contributed by atoms with E-state index in [1.54, 1.807) is 23.5 Å². The fraction of sp³-hybridized carbons (Fsp3) is 0.364. The Morgan fingerprint density at radius 1 is 1.20 bits per heavy atom. The molecule has 0 bridgehead atoms. The number of pyridine rings is 3. The van der Waals surface area contributed by atoms with Gasteiger partial charge in [-0.1, -0.05) is 11.6 Å². The van der Waals surface area contributed by atoms with E-state index in [1.807, 2.05) is 51.2 Å². The summed E-state index contributed by atoms with van der Waals surface area (Å²) in [5.41, 5.74) is 0.348. The van der Waals surface area contributed by atoms with Crippen LogP contribution in [0.5, 0.6) is 0 Å². The summed E-state index contributed by atoms with van der Waals surface area (Å²) in [6.45, 7) is 6.76. The molecular formula is C22H24ClN5O2. The van der Waals surface area contributed by atoms with Gasteiger partial charge in [-0.05, 0) is 51.5 Å². The van der Waals surface area contributed by atoms with Gasteiger partial charge in [0.2, 0.25) is 0 Å². The Labute approximate surface area is 180 Å².